The first kappa shape index (κ1) is 16.8. The molecular weight excluding hydrogens is 320 g/mol. The number of halogens is 1. The van der Waals surface area contributed by atoms with E-state index in [4.69, 9.17) is 16.3 Å². The topological polar surface area (TPSA) is 81.5 Å². The molecule has 120 valence electrons. The predicted octanol–water partition coefficient (Wildman–Crippen LogP) is 3.58. The van der Waals surface area contributed by atoms with E-state index >= 15 is 0 Å². The fourth-order valence-electron chi connectivity index (χ4n) is 1.99. The van der Waals surface area contributed by atoms with E-state index in [1.54, 1.807) is 0 Å². The Bertz CT molecular complexity index is 734. The molecule has 0 bridgehead atoms. The quantitative estimate of drug-likeness (QED) is 0.646. The summed E-state index contributed by atoms with van der Waals surface area (Å²) in [6.07, 6.45) is 0. The van der Waals surface area contributed by atoms with E-state index in [1.807, 2.05) is 31.2 Å². The Kier molecular flexibility index (Phi) is 5.54. The highest BCUT2D eigenvalue weighted by atomic mass is 35.5. The molecule has 2 rings (SSSR count). The van der Waals surface area contributed by atoms with E-state index in [0.717, 1.165) is 17.4 Å². The molecule has 0 spiro atoms. The fraction of sp³-hybridized carbons (Fsp3) is 0.188. The van der Waals surface area contributed by atoms with Crippen molar-refractivity contribution in [3.63, 3.8) is 0 Å². The molecule has 0 radical (unpaired) electrons. The SMILES string of the molecule is CCOc1cccc(CNC(=O)c2ccc([N+](=O)[O-])cc2Cl)c1. The summed E-state index contributed by atoms with van der Waals surface area (Å²) >= 11 is 5.93. The number of nitro benzene ring substituents is 1. The monoisotopic (exact) mass is 334 g/mol. The Labute approximate surface area is 138 Å². The van der Waals surface area contributed by atoms with E-state index in [-0.39, 0.29) is 16.3 Å². The van der Waals surface area contributed by atoms with Gasteiger partial charge in [-0.15, -0.1) is 0 Å². The summed E-state index contributed by atoms with van der Waals surface area (Å²) in [7, 11) is 0. The van der Waals surface area contributed by atoms with Crippen LogP contribution in [0.15, 0.2) is 42.5 Å². The van der Waals surface area contributed by atoms with Crippen LogP contribution >= 0.6 is 11.6 Å². The molecule has 2 aromatic carbocycles. The number of benzene rings is 2. The maximum atomic E-state index is 12.1. The molecule has 0 atom stereocenters. The van der Waals surface area contributed by atoms with Crippen LogP contribution in [0.5, 0.6) is 5.75 Å². The Morgan fingerprint density at radius 1 is 1.30 bits per heavy atom. The number of ether oxygens (including phenoxy) is 1. The molecule has 0 aliphatic carbocycles. The Morgan fingerprint density at radius 3 is 2.74 bits per heavy atom. The fourth-order valence-corrected chi connectivity index (χ4v) is 2.25. The summed E-state index contributed by atoms with van der Waals surface area (Å²) in [6.45, 7) is 2.76. The van der Waals surface area contributed by atoms with Gasteiger partial charge < -0.3 is 10.1 Å². The van der Waals surface area contributed by atoms with Gasteiger partial charge in [-0.25, -0.2) is 0 Å². The van der Waals surface area contributed by atoms with Crippen LogP contribution in [0.25, 0.3) is 0 Å². The van der Waals surface area contributed by atoms with Crippen LogP contribution in [0.4, 0.5) is 5.69 Å². The molecule has 6 nitrogen and oxygen atoms in total. The average Bonchev–Trinajstić information content (AvgIpc) is 2.53. The van der Waals surface area contributed by atoms with Gasteiger partial charge in [-0.2, -0.15) is 0 Å². The predicted molar refractivity (Wildman–Crippen MR) is 86.9 cm³/mol. The van der Waals surface area contributed by atoms with Gasteiger partial charge in [0.05, 0.1) is 22.1 Å². The molecule has 7 heteroatoms. The molecule has 0 aliphatic rings. The number of carbonyl (C=O) groups excluding carboxylic acids is 1. The molecule has 1 amide bonds. The van der Waals surface area contributed by atoms with Crippen molar-refractivity contribution in [2.24, 2.45) is 0 Å². The van der Waals surface area contributed by atoms with Gasteiger partial charge in [-0.1, -0.05) is 23.7 Å². The van der Waals surface area contributed by atoms with Gasteiger partial charge in [0, 0.05) is 18.7 Å². The first-order valence-electron chi connectivity index (χ1n) is 6.95. The minimum absolute atomic E-state index is 0.0415. The van der Waals surface area contributed by atoms with Gasteiger partial charge in [0.25, 0.3) is 11.6 Å². The number of rotatable bonds is 6. The highest BCUT2D eigenvalue weighted by Crippen LogP contribution is 2.22. The van der Waals surface area contributed by atoms with Crippen LogP contribution in [-0.2, 0) is 6.54 Å². The van der Waals surface area contributed by atoms with Crippen molar-refractivity contribution in [2.45, 2.75) is 13.5 Å². The van der Waals surface area contributed by atoms with E-state index < -0.39 is 10.8 Å². The summed E-state index contributed by atoms with van der Waals surface area (Å²) in [6, 6.07) is 11.1. The zero-order valence-corrected chi connectivity index (χ0v) is 13.2. The summed E-state index contributed by atoms with van der Waals surface area (Å²) in [5.74, 6) is 0.333. The van der Waals surface area contributed by atoms with Crippen LogP contribution in [0.2, 0.25) is 5.02 Å². The Balaban J connectivity index is 2.05. The number of carbonyl (C=O) groups is 1. The standard InChI is InChI=1S/C16H15ClN2O4/c1-2-23-13-5-3-4-11(8-13)10-18-16(20)14-7-6-12(19(21)22)9-15(14)17/h3-9H,2,10H2,1H3,(H,18,20). The molecule has 23 heavy (non-hydrogen) atoms. The van der Waals surface area contributed by atoms with Gasteiger partial charge in [0.1, 0.15) is 5.75 Å². The average molecular weight is 335 g/mol. The number of hydrogen-bond acceptors (Lipinski definition) is 4. The number of hydrogen-bond donors (Lipinski definition) is 1. The van der Waals surface area contributed by atoms with E-state index in [1.165, 1.54) is 12.1 Å². The number of nitrogens with zero attached hydrogens (tertiary/aromatic N) is 1. The third-order valence-corrected chi connectivity index (χ3v) is 3.38. The third kappa shape index (κ3) is 4.43. The smallest absolute Gasteiger partial charge is 0.270 e. The zero-order chi connectivity index (χ0) is 16.8. The van der Waals surface area contributed by atoms with Gasteiger partial charge in [-0.3, -0.25) is 14.9 Å². The summed E-state index contributed by atoms with van der Waals surface area (Å²) in [5, 5.41) is 13.4. The highest BCUT2D eigenvalue weighted by Gasteiger charge is 2.14. The Morgan fingerprint density at radius 2 is 2.09 bits per heavy atom. The van der Waals surface area contributed by atoms with E-state index in [0.29, 0.717) is 13.2 Å². The first-order valence-corrected chi connectivity index (χ1v) is 7.33. The van der Waals surface area contributed by atoms with Crippen molar-refractivity contribution < 1.29 is 14.5 Å². The van der Waals surface area contributed by atoms with Gasteiger partial charge >= 0.3 is 0 Å². The van der Waals surface area contributed by atoms with Crippen LogP contribution < -0.4 is 10.1 Å². The molecular formula is C16H15ClN2O4. The molecule has 0 aromatic heterocycles. The van der Waals surface area contributed by atoms with Crippen molar-refractivity contribution in [1.82, 2.24) is 5.32 Å². The minimum Gasteiger partial charge on any atom is -0.494 e. The first-order chi connectivity index (χ1) is 11.0. The van der Waals surface area contributed by atoms with Crippen LogP contribution in [0, 0.1) is 10.1 Å². The highest BCUT2D eigenvalue weighted by molar-refractivity contribution is 6.34. The third-order valence-electron chi connectivity index (χ3n) is 3.07. The van der Waals surface area contributed by atoms with Crippen LogP contribution in [-0.4, -0.2) is 17.4 Å². The number of nitro groups is 1. The second kappa shape index (κ2) is 7.60. The normalized spacial score (nSPS) is 10.2. The molecule has 2 aromatic rings. The van der Waals surface area contributed by atoms with Crippen LogP contribution in [0.1, 0.15) is 22.8 Å². The summed E-state index contributed by atoms with van der Waals surface area (Å²) < 4.78 is 5.40. The number of non-ortho nitro benzene ring substituents is 1. The van der Waals surface area contributed by atoms with Crippen LogP contribution in [0.3, 0.4) is 0 Å². The van der Waals surface area contributed by atoms with Gasteiger partial charge in [0.2, 0.25) is 0 Å². The van der Waals surface area contributed by atoms with E-state index in [2.05, 4.69) is 5.32 Å². The molecule has 0 fully saturated rings. The lowest BCUT2D eigenvalue weighted by molar-refractivity contribution is -0.384. The van der Waals surface area contributed by atoms with Gasteiger partial charge in [-0.05, 0) is 30.7 Å². The molecule has 0 aliphatic heterocycles. The lowest BCUT2D eigenvalue weighted by atomic mass is 10.1. The summed E-state index contributed by atoms with van der Waals surface area (Å²) in [4.78, 5) is 22.2. The minimum atomic E-state index is -0.563. The van der Waals surface area contributed by atoms with Crippen molar-refractivity contribution in [2.75, 3.05) is 6.61 Å². The van der Waals surface area contributed by atoms with Crippen molar-refractivity contribution in [3.8, 4) is 5.75 Å². The largest absolute Gasteiger partial charge is 0.494 e. The van der Waals surface area contributed by atoms with Crippen molar-refractivity contribution in [1.29, 1.82) is 0 Å². The second-order valence-electron chi connectivity index (χ2n) is 4.68. The lowest BCUT2D eigenvalue weighted by Crippen LogP contribution is -2.23. The van der Waals surface area contributed by atoms with Gasteiger partial charge in [0.15, 0.2) is 0 Å². The van der Waals surface area contributed by atoms with E-state index in [9.17, 15) is 14.9 Å². The molecule has 1 N–H and O–H groups in total. The number of amides is 1. The van der Waals surface area contributed by atoms with Crippen molar-refractivity contribution >= 4 is 23.2 Å². The Hall–Kier alpha value is -2.60. The maximum absolute atomic E-state index is 12.1. The molecule has 0 unspecified atom stereocenters. The zero-order valence-electron chi connectivity index (χ0n) is 12.4. The van der Waals surface area contributed by atoms with Crippen molar-refractivity contribution in [3.05, 3.63) is 68.7 Å². The maximum Gasteiger partial charge on any atom is 0.270 e. The lowest BCUT2D eigenvalue weighted by Gasteiger charge is -2.08. The number of nitrogens with one attached hydrogen (secondary N) is 1. The molecule has 0 heterocycles. The molecule has 0 saturated heterocycles. The second-order valence-corrected chi connectivity index (χ2v) is 5.09. The molecule has 0 saturated carbocycles. The summed E-state index contributed by atoms with van der Waals surface area (Å²) in [5.41, 5.74) is 0.913.